The van der Waals surface area contributed by atoms with Gasteiger partial charge in [-0.3, -0.25) is 4.79 Å². The zero-order valence-corrected chi connectivity index (χ0v) is 13.7. The SMILES string of the molecule is CC(C)c1cc(C(=O)NC[C@@H]2COc3ccccc3O2)nc(N)n1. The predicted molar refractivity (Wildman–Crippen MR) is 89.2 cm³/mol. The van der Waals surface area contributed by atoms with Crippen LogP contribution in [0.4, 0.5) is 5.95 Å². The molecule has 0 fully saturated rings. The fraction of sp³-hybridized carbons (Fsp3) is 0.353. The maximum atomic E-state index is 12.3. The summed E-state index contributed by atoms with van der Waals surface area (Å²) in [6, 6.07) is 9.10. The van der Waals surface area contributed by atoms with Crippen molar-refractivity contribution in [1.82, 2.24) is 15.3 Å². The van der Waals surface area contributed by atoms with Crippen molar-refractivity contribution in [3.05, 3.63) is 41.7 Å². The lowest BCUT2D eigenvalue weighted by Crippen LogP contribution is -2.41. The average molecular weight is 328 g/mol. The first-order valence-electron chi connectivity index (χ1n) is 7.84. The Morgan fingerprint density at radius 2 is 2.08 bits per heavy atom. The van der Waals surface area contributed by atoms with E-state index in [0.717, 1.165) is 5.69 Å². The van der Waals surface area contributed by atoms with E-state index in [4.69, 9.17) is 15.2 Å². The molecule has 0 aliphatic carbocycles. The summed E-state index contributed by atoms with van der Waals surface area (Å²) in [7, 11) is 0. The lowest BCUT2D eigenvalue weighted by Gasteiger charge is -2.26. The van der Waals surface area contributed by atoms with Crippen LogP contribution in [0.1, 0.15) is 35.9 Å². The molecule has 0 unspecified atom stereocenters. The highest BCUT2D eigenvalue weighted by molar-refractivity contribution is 5.92. The molecule has 0 saturated heterocycles. The van der Waals surface area contributed by atoms with E-state index >= 15 is 0 Å². The van der Waals surface area contributed by atoms with Gasteiger partial charge in [0.25, 0.3) is 5.91 Å². The van der Waals surface area contributed by atoms with Crippen LogP contribution in [-0.4, -0.2) is 35.1 Å². The number of rotatable bonds is 4. The molecule has 0 saturated carbocycles. The minimum Gasteiger partial charge on any atom is -0.486 e. The summed E-state index contributed by atoms with van der Waals surface area (Å²) in [5.74, 6) is 1.33. The fourth-order valence-corrected chi connectivity index (χ4v) is 2.36. The van der Waals surface area contributed by atoms with Crippen LogP contribution in [0.2, 0.25) is 0 Å². The van der Waals surface area contributed by atoms with Crippen molar-refractivity contribution in [2.75, 3.05) is 18.9 Å². The maximum absolute atomic E-state index is 12.3. The van der Waals surface area contributed by atoms with Crippen LogP contribution in [0.5, 0.6) is 11.5 Å². The van der Waals surface area contributed by atoms with Gasteiger partial charge in [0.05, 0.1) is 6.54 Å². The topological polar surface area (TPSA) is 99.4 Å². The minimum absolute atomic E-state index is 0.0949. The number of aromatic nitrogens is 2. The van der Waals surface area contributed by atoms with Gasteiger partial charge in [-0.25, -0.2) is 9.97 Å². The molecule has 1 aromatic carbocycles. The second-order valence-corrected chi connectivity index (χ2v) is 5.90. The molecule has 126 valence electrons. The molecule has 1 aliphatic heterocycles. The van der Waals surface area contributed by atoms with Gasteiger partial charge in [-0.2, -0.15) is 0 Å². The molecule has 7 heteroatoms. The monoisotopic (exact) mass is 328 g/mol. The molecule has 7 nitrogen and oxygen atoms in total. The Morgan fingerprint density at radius 1 is 1.33 bits per heavy atom. The molecule has 2 heterocycles. The maximum Gasteiger partial charge on any atom is 0.270 e. The Hall–Kier alpha value is -2.83. The number of anilines is 1. The van der Waals surface area contributed by atoms with E-state index in [1.807, 2.05) is 38.1 Å². The molecule has 0 spiro atoms. The van der Waals surface area contributed by atoms with Gasteiger partial charge in [0, 0.05) is 5.69 Å². The molecule has 0 bridgehead atoms. The van der Waals surface area contributed by atoms with E-state index in [1.54, 1.807) is 6.07 Å². The zero-order valence-electron chi connectivity index (χ0n) is 13.7. The number of carbonyl (C=O) groups is 1. The van der Waals surface area contributed by atoms with E-state index in [0.29, 0.717) is 24.7 Å². The summed E-state index contributed by atoms with van der Waals surface area (Å²) in [5, 5.41) is 2.80. The third-order valence-corrected chi connectivity index (χ3v) is 3.65. The van der Waals surface area contributed by atoms with Crippen molar-refractivity contribution in [1.29, 1.82) is 0 Å². The number of amides is 1. The Morgan fingerprint density at radius 3 is 2.83 bits per heavy atom. The molecule has 1 atom stereocenters. The van der Waals surface area contributed by atoms with Gasteiger partial charge in [0.15, 0.2) is 11.5 Å². The zero-order chi connectivity index (χ0) is 17.1. The summed E-state index contributed by atoms with van der Waals surface area (Å²) in [4.78, 5) is 20.4. The molecule has 1 aliphatic rings. The fourth-order valence-electron chi connectivity index (χ4n) is 2.36. The molecule has 24 heavy (non-hydrogen) atoms. The van der Waals surface area contributed by atoms with E-state index in [2.05, 4.69) is 15.3 Å². The molecule has 3 N–H and O–H groups in total. The van der Waals surface area contributed by atoms with Crippen molar-refractivity contribution in [3.63, 3.8) is 0 Å². The molecule has 1 aromatic heterocycles. The van der Waals surface area contributed by atoms with Gasteiger partial charge in [-0.05, 0) is 24.1 Å². The summed E-state index contributed by atoms with van der Waals surface area (Å²) in [6.07, 6.45) is -0.257. The van der Waals surface area contributed by atoms with Crippen LogP contribution in [0.25, 0.3) is 0 Å². The second kappa shape index (κ2) is 6.74. The van der Waals surface area contributed by atoms with Gasteiger partial charge in [-0.15, -0.1) is 0 Å². The third kappa shape index (κ3) is 3.56. The average Bonchev–Trinajstić information content (AvgIpc) is 2.58. The number of nitrogens with one attached hydrogen (secondary N) is 1. The highest BCUT2D eigenvalue weighted by Gasteiger charge is 2.22. The number of benzene rings is 1. The summed E-state index contributed by atoms with van der Waals surface area (Å²) in [6.45, 7) is 4.65. The largest absolute Gasteiger partial charge is 0.486 e. The smallest absolute Gasteiger partial charge is 0.270 e. The van der Waals surface area contributed by atoms with E-state index in [-0.39, 0.29) is 29.6 Å². The highest BCUT2D eigenvalue weighted by atomic mass is 16.6. The predicted octanol–water partition coefficient (Wildman–Crippen LogP) is 1.75. The van der Waals surface area contributed by atoms with Gasteiger partial charge in [0.1, 0.15) is 18.4 Å². The van der Waals surface area contributed by atoms with Crippen molar-refractivity contribution in [2.45, 2.75) is 25.9 Å². The molecule has 3 rings (SSSR count). The molecule has 2 aromatic rings. The van der Waals surface area contributed by atoms with Crippen molar-refractivity contribution in [2.24, 2.45) is 0 Å². The number of nitrogens with zero attached hydrogens (tertiary/aromatic N) is 2. The van der Waals surface area contributed by atoms with E-state index < -0.39 is 0 Å². The van der Waals surface area contributed by atoms with Crippen molar-refractivity contribution >= 4 is 11.9 Å². The number of para-hydroxylation sites is 2. The standard InChI is InChI=1S/C17H20N4O3/c1-10(2)12-7-13(21-17(18)20-12)16(22)19-8-11-9-23-14-5-3-4-6-15(14)24-11/h3-7,10-11H,8-9H2,1-2H3,(H,19,22)(H2,18,20,21)/t11-/m1/s1. The number of nitrogens with two attached hydrogens (primary N) is 1. The second-order valence-electron chi connectivity index (χ2n) is 5.90. The number of carbonyl (C=O) groups excluding carboxylic acids is 1. The van der Waals surface area contributed by atoms with Gasteiger partial charge < -0.3 is 20.5 Å². The number of hydrogen-bond acceptors (Lipinski definition) is 6. The van der Waals surface area contributed by atoms with Crippen molar-refractivity contribution < 1.29 is 14.3 Å². The Labute approximate surface area is 140 Å². The summed E-state index contributed by atoms with van der Waals surface area (Å²) >= 11 is 0. The van der Waals surface area contributed by atoms with Crippen molar-refractivity contribution in [3.8, 4) is 11.5 Å². The van der Waals surface area contributed by atoms with E-state index in [9.17, 15) is 4.79 Å². The molecular formula is C17H20N4O3. The number of hydrogen-bond donors (Lipinski definition) is 2. The quantitative estimate of drug-likeness (QED) is 0.887. The summed E-state index contributed by atoms with van der Waals surface area (Å²) in [5.41, 5.74) is 6.67. The lowest BCUT2D eigenvalue weighted by molar-refractivity contribution is 0.0786. The minimum atomic E-state index is -0.312. The first kappa shape index (κ1) is 16.0. The van der Waals surface area contributed by atoms with E-state index in [1.165, 1.54) is 0 Å². The molecule has 0 radical (unpaired) electrons. The number of ether oxygens (including phenoxy) is 2. The number of nitrogen functional groups attached to an aromatic ring is 1. The first-order chi connectivity index (χ1) is 11.5. The van der Waals surface area contributed by atoms with Gasteiger partial charge in [0.2, 0.25) is 5.95 Å². The lowest BCUT2D eigenvalue weighted by atomic mass is 10.1. The Bertz CT molecular complexity index is 748. The van der Waals surface area contributed by atoms with Crippen LogP contribution in [0.3, 0.4) is 0 Å². The van der Waals surface area contributed by atoms with Crippen LogP contribution >= 0.6 is 0 Å². The first-order valence-corrected chi connectivity index (χ1v) is 7.84. The third-order valence-electron chi connectivity index (χ3n) is 3.65. The molecule has 1 amide bonds. The normalized spacial score (nSPS) is 16.0. The highest BCUT2D eigenvalue weighted by Crippen LogP contribution is 2.30. The van der Waals surface area contributed by atoms with Crippen LogP contribution in [0, 0.1) is 0 Å². The van der Waals surface area contributed by atoms with Gasteiger partial charge >= 0.3 is 0 Å². The molecular weight excluding hydrogens is 308 g/mol. The van der Waals surface area contributed by atoms with Gasteiger partial charge in [-0.1, -0.05) is 26.0 Å². The summed E-state index contributed by atoms with van der Waals surface area (Å²) < 4.78 is 11.4. The Kier molecular flexibility index (Phi) is 4.50. The van der Waals surface area contributed by atoms with Crippen LogP contribution in [0.15, 0.2) is 30.3 Å². The van der Waals surface area contributed by atoms with Crippen LogP contribution < -0.4 is 20.5 Å². The Balaban J connectivity index is 1.62. The van der Waals surface area contributed by atoms with Crippen LogP contribution in [-0.2, 0) is 0 Å². The number of fused-ring (bicyclic) bond motifs is 1.